The van der Waals surface area contributed by atoms with Crippen LogP contribution in [0.1, 0.15) is 36.5 Å². The van der Waals surface area contributed by atoms with Gasteiger partial charge in [-0.15, -0.1) is 12.3 Å². The summed E-state index contributed by atoms with van der Waals surface area (Å²) in [5, 5.41) is 15.1. The van der Waals surface area contributed by atoms with Crippen LogP contribution in [0.4, 0.5) is 0 Å². The number of oxime groups is 1. The Hall–Kier alpha value is -1.99. The summed E-state index contributed by atoms with van der Waals surface area (Å²) in [6, 6.07) is 6.08. The normalized spacial score (nSPS) is 13.0. The second-order valence-electron chi connectivity index (χ2n) is 4.52. The number of amidine groups is 1. The molecule has 0 saturated carbocycles. The van der Waals surface area contributed by atoms with E-state index in [0.29, 0.717) is 6.04 Å². The minimum Gasteiger partial charge on any atom is -0.409 e. The molecule has 0 aliphatic carbocycles. The summed E-state index contributed by atoms with van der Waals surface area (Å²) < 4.78 is 0. The van der Waals surface area contributed by atoms with Gasteiger partial charge >= 0.3 is 0 Å². The smallest absolute Gasteiger partial charge is 0.170 e. The topological polar surface area (TPSA) is 70.6 Å². The molecule has 4 heteroatoms. The quantitative estimate of drug-likeness (QED) is 0.240. The Morgan fingerprint density at radius 2 is 2.32 bits per heavy atom. The number of hydrogen-bond donors (Lipinski definition) is 3. The highest BCUT2D eigenvalue weighted by Crippen LogP contribution is 2.12. The Labute approximate surface area is 114 Å². The highest BCUT2D eigenvalue weighted by molar-refractivity contribution is 5.97. The highest BCUT2D eigenvalue weighted by Gasteiger charge is 2.07. The summed E-state index contributed by atoms with van der Waals surface area (Å²) in [6.07, 6.45) is 7.07. The van der Waals surface area contributed by atoms with Gasteiger partial charge < -0.3 is 16.3 Å². The van der Waals surface area contributed by atoms with Gasteiger partial charge in [0.2, 0.25) is 0 Å². The molecule has 0 radical (unpaired) electrons. The fraction of sp³-hybridized carbons (Fsp3) is 0.400. The molecule has 0 aromatic heterocycles. The van der Waals surface area contributed by atoms with Gasteiger partial charge in [-0.3, -0.25) is 0 Å². The van der Waals surface area contributed by atoms with Gasteiger partial charge in [-0.1, -0.05) is 24.2 Å². The Morgan fingerprint density at radius 3 is 2.84 bits per heavy atom. The lowest BCUT2D eigenvalue weighted by molar-refractivity contribution is 0.318. The largest absolute Gasteiger partial charge is 0.409 e. The van der Waals surface area contributed by atoms with Crippen LogP contribution in [0.25, 0.3) is 0 Å². The molecule has 1 rings (SSSR count). The van der Waals surface area contributed by atoms with Crippen LogP contribution < -0.4 is 11.1 Å². The molecule has 0 bridgehead atoms. The number of nitrogens with two attached hydrogens (primary N) is 1. The molecule has 1 aromatic rings. The number of aryl methyl sites for hydroxylation is 1. The molecular weight excluding hydrogens is 238 g/mol. The van der Waals surface area contributed by atoms with Crippen LogP contribution in [0.2, 0.25) is 0 Å². The van der Waals surface area contributed by atoms with Crippen LogP contribution in [-0.2, 0) is 6.54 Å². The third-order valence-corrected chi connectivity index (χ3v) is 3.18. The van der Waals surface area contributed by atoms with Crippen molar-refractivity contribution in [3.8, 4) is 12.3 Å². The zero-order valence-corrected chi connectivity index (χ0v) is 11.5. The summed E-state index contributed by atoms with van der Waals surface area (Å²) in [5.41, 5.74) is 8.57. The zero-order valence-electron chi connectivity index (χ0n) is 11.5. The van der Waals surface area contributed by atoms with Gasteiger partial charge in [0.1, 0.15) is 0 Å². The van der Waals surface area contributed by atoms with E-state index in [4.69, 9.17) is 17.4 Å². The van der Waals surface area contributed by atoms with Gasteiger partial charge in [0.25, 0.3) is 0 Å². The lowest BCUT2D eigenvalue weighted by Gasteiger charge is -2.15. The van der Waals surface area contributed by atoms with E-state index in [1.807, 2.05) is 25.1 Å². The molecule has 4 nitrogen and oxygen atoms in total. The molecule has 1 unspecified atom stereocenters. The van der Waals surface area contributed by atoms with Crippen molar-refractivity contribution in [1.82, 2.24) is 5.32 Å². The fourth-order valence-electron chi connectivity index (χ4n) is 1.87. The first-order chi connectivity index (χ1) is 9.12. The second-order valence-corrected chi connectivity index (χ2v) is 4.52. The van der Waals surface area contributed by atoms with Crippen LogP contribution in [-0.4, -0.2) is 17.1 Å². The molecule has 0 aliphatic heterocycles. The Bertz CT molecular complexity index is 489. The van der Waals surface area contributed by atoms with Crippen molar-refractivity contribution in [2.45, 2.75) is 39.3 Å². The highest BCUT2D eigenvalue weighted by atomic mass is 16.4. The molecule has 0 heterocycles. The van der Waals surface area contributed by atoms with Gasteiger partial charge in [0.05, 0.1) is 0 Å². The molecule has 0 amide bonds. The van der Waals surface area contributed by atoms with Gasteiger partial charge in [0.15, 0.2) is 5.84 Å². The Morgan fingerprint density at radius 1 is 1.58 bits per heavy atom. The monoisotopic (exact) mass is 259 g/mol. The minimum absolute atomic E-state index is 0.126. The van der Waals surface area contributed by atoms with Crippen molar-refractivity contribution in [3.05, 3.63) is 34.9 Å². The Balaban J connectivity index is 2.73. The molecule has 1 aromatic carbocycles. The molecule has 0 fully saturated rings. The van der Waals surface area contributed by atoms with E-state index >= 15 is 0 Å². The van der Waals surface area contributed by atoms with Crippen LogP contribution in [0.3, 0.4) is 0 Å². The number of terminal acetylenes is 1. The van der Waals surface area contributed by atoms with Crippen LogP contribution in [0, 0.1) is 19.3 Å². The summed E-state index contributed by atoms with van der Waals surface area (Å²) in [4.78, 5) is 0. The zero-order chi connectivity index (χ0) is 14.3. The fourth-order valence-corrected chi connectivity index (χ4v) is 1.87. The van der Waals surface area contributed by atoms with E-state index < -0.39 is 0 Å². The molecule has 0 saturated heterocycles. The third kappa shape index (κ3) is 4.31. The van der Waals surface area contributed by atoms with E-state index in [1.54, 1.807) is 0 Å². The van der Waals surface area contributed by atoms with Crippen LogP contribution in [0.5, 0.6) is 0 Å². The van der Waals surface area contributed by atoms with Crippen molar-refractivity contribution in [3.63, 3.8) is 0 Å². The van der Waals surface area contributed by atoms with Gasteiger partial charge in [-0.25, -0.2) is 0 Å². The third-order valence-electron chi connectivity index (χ3n) is 3.18. The van der Waals surface area contributed by atoms with Gasteiger partial charge in [-0.05, 0) is 30.5 Å². The maximum atomic E-state index is 8.65. The first-order valence-electron chi connectivity index (χ1n) is 6.36. The summed E-state index contributed by atoms with van der Waals surface area (Å²) >= 11 is 0. The molecule has 0 spiro atoms. The lowest BCUT2D eigenvalue weighted by Crippen LogP contribution is -2.27. The van der Waals surface area contributed by atoms with E-state index in [9.17, 15) is 0 Å². The summed E-state index contributed by atoms with van der Waals surface area (Å²) in [6.45, 7) is 4.89. The van der Waals surface area contributed by atoms with E-state index in [0.717, 1.165) is 30.5 Å². The van der Waals surface area contributed by atoms with Crippen LogP contribution >= 0.6 is 0 Å². The molecule has 1 atom stereocenters. The number of hydrogen-bond acceptors (Lipinski definition) is 3. The van der Waals surface area contributed by atoms with Crippen molar-refractivity contribution >= 4 is 5.84 Å². The Kier molecular flexibility index (Phi) is 5.91. The maximum absolute atomic E-state index is 8.65. The van der Waals surface area contributed by atoms with Crippen molar-refractivity contribution in [2.24, 2.45) is 10.9 Å². The molecular formula is C15H21N3O. The number of nitrogens with one attached hydrogen (secondary N) is 1. The van der Waals surface area contributed by atoms with Crippen molar-refractivity contribution in [2.75, 3.05) is 0 Å². The number of benzene rings is 1. The predicted molar refractivity (Wildman–Crippen MR) is 78.1 cm³/mol. The summed E-state index contributed by atoms with van der Waals surface area (Å²) in [5.74, 6) is 2.80. The van der Waals surface area contributed by atoms with E-state index in [1.165, 1.54) is 5.56 Å². The number of rotatable bonds is 6. The van der Waals surface area contributed by atoms with Crippen LogP contribution in [0.15, 0.2) is 23.4 Å². The van der Waals surface area contributed by atoms with E-state index in [-0.39, 0.29) is 5.84 Å². The first kappa shape index (κ1) is 15.1. The standard InChI is InChI=1S/C15H21N3O/c1-4-6-14(5-2)17-10-13-8-7-12(9-11(13)3)15(16)18-19/h1,7-9,14,17,19H,5-6,10H2,2-3H3,(H2,16,18). The minimum atomic E-state index is 0.126. The van der Waals surface area contributed by atoms with Crippen molar-refractivity contribution in [1.29, 1.82) is 0 Å². The van der Waals surface area contributed by atoms with Gasteiger partial charge in [0, 0.05) is 24.6 Å². The predicted octanol–water partition coefficient (Wildman–Crippen LogP) is 1.98. The van der Waals surface area contributed by atoms with Crippen molar-refractivity contribution < 1.29 is 5.21 Å². The molecule has 4 N–H and O–H groups in total. The second kappa shape index (κ2) is 7.45. The molecule has 19 heavy (non-hydrogen) atoms. The number of nitrogens with zero attached hydrogens (tertiary/aromatic N) is 1. The average molecular weight is 259 g/mol. The molecule has 102 valence electrons. The average Bonchev–Trinajstić information content (AvgIpc) is 2.43. The van der Waals surface area contributed by atoms with E-state index in [2.05, 4.69) is 23.3 Å². The maximum Gasteiger partial charge on any atom is 0.170 e. The van der Waals surface area contributed by atoms with Gasteiger partial charge in [-0.2, -0.15) is 0 Å². The lowest BCUT2D eigenvalue weighted by atomic mass is 10.0. The molecule has 0 aliphatic rings. The first-order valence-corrected chi connectivity index (χ1v) is 6.36. The summed E-state index contributed by atoms with van der Waals surface area (Å²) in [7, 11) is 0. The SMILES string of the molecule is C#CCC(CC)NCc1ccc(/C(N)=N/O)cc1C.